The van der Waals surface area contributed by atoms with Crippen molar-refractivity contribution in [1.29, 1.82) is 0 Å². The number of piperidine rings is 1. The summed E-state index contributed by atoms with van der Waals surface area (Å²) in [5, 5.41) is 24.3. The second kappa shape index (κ2) is 19.6. The SMILES string of the molecule is CCC(C)=C(/C(=C\N(C)C(C)(C)C)c1ccnc(NC2CCNCC2)n1)c1cccc(N)c1F.C[N+](=O)[O-].Oc1ccccc1.[W]. The maximum Gasteiger partial charge on any atom is 0.223 e. The minimum absolute atomic E-state index is 0. The number of aromatic hydroxyl groups is 1. The van der Waals surface area contributed by atoms with Gasteiger partial charge in [0.1, 0.15) is 5.75 Å². The summed E-state index contributed by atoms with van der Waals surface area (Å²) in [6, 6.07) is 16.1. The number of hydrogen-bond donors (Lipinski definition) is 4. The van der Waals surface area contributed by atoms with Crippen LogP contribution in [0.2, 0.25) is 0 Å². The van der Waals surface area contributed by atoms with Gasteiger partial charge in [-0.25, -0.2) is 14.4 Å². The van der Waals surface area contributed by atoms with Crippen molar-refractivity contribution in [3.05, 3.63) is 99.8 Å². The molecule has 0 bridgehead atoms. The van der Waals surface area contributed by atoms with E-state index in [1.807, 2.05) is 26.1 Å². The molecule has 46 heavy (non-hydrogen) atoms. The molecular weight excluding hydrogens is 757 g/mol. The number of phenols is 1. The van der Waals surface area contributed by atoms with Crippen molar-refractivity contribution < 1.29 is 35.5 Å². The fraction of sp³-hybridized carbons (Fsp3) is 0.412. The number of phenolic OH excluding ortho intramolecular Hbond substituents is 1. The first-order chi connectivity index (χ1) is 21.2. The smallest absolute Gasteiger partial charge is 0.223 e. The van der Waals surface area contributed by atoms with Gasteiger partial charge in [-0.05, 0) is 89.9 Å². The number of rotatable bonds is 7. The van der Waals surface area contributed by atoms with Crippen molar-refractivity contribution in [2.45, 2.75) is 65.5 Å². The Morgan fingerprint density at radius 1 is 1.17 bits per heavy atom. The molecule has 0 unspecified atom stereocenters. The van der Waals surface area contributed by atoms with Gasteiger partial charge < -0.3 is 26.4 Å². The topological polar surface area (TPSA) is 142 Å². The zero-order valence-electron chi connectivity index (χ0n) is 27.9. The molecule has 1 aromatic heterocycles. The van der Waals surface area contributed by atoms with Gasteiger partial charge in [-0.1, -0.05) is 42.8 Å². The summed E-state index contributed by atoms with van der Waals surface area (Å²) in [5.74, 6) is 0.509. The Morgan fingerprint density at radius 2 is 1.78 bits per heavy atom. The molecule has 0 amide bonds. The minimum Gasteiger partial charge on any atom is -0.508 e. The number of para-hydroxylation sites is 1. The van der Waals surface area contributed by atoms with Gasteiger partial charge in [0.15, 0.2) is 12.9 Å². The third-order valence-electron chi connectivity index (χ3n) is 7.27. The van der Waals surface area contributed by atoms with Crippen LogP contribution in [0.4, 0.5) is 16.0 Å². The minimum atomic E-state index is -0.500. The number of nitro groups is 1. The third-order valence-corrected chi connectivity index (χ3v) is 7.27. The molecule has 10 nitrogen and oxygen atoms in total. The molecule has 0 saturated carbocycles. The molecule has 0 radical (unpaired) electrons. The van der Waals surface area contributed by atoms with Crippen molar-refractivity contribution in [3.63, 3.8) is 0 Å². The number of benzene rings is 2. The van der Waals surface area contributed by atoms with Crippen LogP contribution >= 0.6 is 0 Å². The van der Waals surface area contributed by atoms with E-state index >= 15 is 4.39 Å². The van der Waals surface area contributed by atoms with Crippen LogP contribution in [0.3, 0.4) is 0 Å². The molecular formula is C34H48FN7O3W. The average Bonchev–Trinajstić information content (AvgIpc) is 2.99. The van der Waals surface area contributed by atoms with E-state index in [4.69, 9.17) is 25.9 Å². The van der Waals surface area contributed by atoms with Gasteiger partial charge in [-0.2, -0.15) is 0 Å². The van der Waals surface area contributed by atoms with Gasteiger partial charge >= 0.3 is 0 Å². The number of anilines is 2. The van der Waals surface area contributed by atoms with Crippen molar-refractivity contribution in [2.75, 3.05) is 38.2 Å². The van der Waals surface area contributed by atoms with Crippen LogP contribution in [0, 0.1) is 15.9 Å². The van der Waals surface area contributed by atoms with E-state index in [-0.39, 0.29) is 32.3 Å². The molecule has 4 rings (SSSR count). The Labute approximate surface area is 286 Å². The summed E-state index contributed by atoms with van der Waals surface area (Å²) in [6.45, 7) is 12.5. The summed E-state index contributed by atoms with van der Waals surface area (Å²) in [7, 11) is 2.92. The van der Waals surface area contributed by atoms with E-state index in [0.717, 1.165) is 61.8 Å². The number of nitrogen functional groups attached to an aromatic ring is 1. The Morgan fingerprint density at radius 3 is 2.30 bits per heavy atom. The van der Waals surface area contributed by atoms with Gasteiger partial charge in [0.25, 0.3) is 0 Å². The number of halogens is 1. The number of aromatic nitrogens is 2. The fourth-order valence-corrected chi connectivity index (χ4v) is 4.33. The van der Waals surface area contributed by atoms with Gasteiger partial charge in [-0.15, -0.1) is 0 Å². The molecule has 1 fully saturated rings. The van der Waals surface area contributed by atoms with Crippen molar-refractivity contribution in [1.82, 2.24) is 20.2 Å². The van der Waals surface area contributed by atoms with Gasteiger partial charge in [0.05, 0.1) is 11.4 Å². The van der Waals surface area contributed by atoms with Crippen molar-refractivity contribution >= 4 is 22.8 Å². The number of hydrogen-bond acceptors (Lipinski definition) is 9. The molecule has 0 aliphatic carbocycles. The predicted molar refractivity (Wildman–Crippen MR) is 182 cm³/mol. The molecule has 0 atom stereocenters. The Kier molecular flexibility index (Phi) is 17.2. The van der Waals surface area contributed by atoms with Crippen LogP contribution in [0.25, 0.3) is 11.1 Å². The Balaban J connectivity index is 0.000000748. The zero-order chi connectivity index (χ0) is 33.6. The van der Waals surface area contributed by atoms with E-state index < -0.39 is 10.7 Å². The number of allylic oxidation sites excluding steroid dienone is 3. The number of nitrogens with one attached hydrogen (secondary N) is 2. The van der Waals surface area contributed by atoms with Crippen LogP contribution in [-0.2, 0) is 21.1 Å². The molecule has 1 saturated heterocycles. The first-order valence-electron chi connectivity index (χ1n) is 15.1. The maximum absolute atomic E-state index is 15.3. The molecule has 1 aliphatic rings. The predicted octanol–water partition coefficient (Wildman–Crippen LogP) is 6.60. The number of nitrogens with zero attached hydrogens (tertiary/aromatic N) is 4. The average molecular weight is 806 g/mol. The summed E-state index contributed by atoms with van der Waals surface area (Å²) < 4.78 is 15.3. The van der Waals surface area contributed by atoms with Gasteiger partial charge in [0.2, 0.25) is 5.95 Å². The summed E-state index contributed by atoms with van der Waals surface area (Å²) >= 11 is 0. The van der Waals surface area contributed by atoms with Crippen LogP contribution in [-0.4, -0.2) is 63.7 Å². The van der Waals surface area contributed by atoms with Crippen LogP contribution in [0.15, 0.2) is 72.6 Å². The van der Waals surface area contributed by atoms with E-state index in [0.29, 0.717) is 23.3 Å². The van der Waals surface area contributed by atoms with Crippen LogP contribution < -0.4 is 16.4 Å². The molecule has 5 N–H and O–H groups in total. The Hall–Kier alpha value is -3.82. The van der Waals surface area contributed by atoms with Crippen molar-refractivity contribution in [3.8, 4) is 5.75 Å². The summed E-state index contributed by atoms with van der Waals surface area (Å²) in [4.78, 5) is 19.8. The molecule has 12 heteroatoms. The van der Waals surface area contributed by atoms with E-state index in [9.17, 15) is 0 Å². The van der Waals surface area contributed by atoms with Gasteiger partial charge in [-0.3, -0.25) is 10.1 Å². The fourth-order valence-electron chi connectivity index (χ4n) is 4.33. The molecule has 250 valence electrons. The quantitative estimate of drug-likeness (QED) is 0.0900. The summed E-state index contributed by atoms with van der Waals surface area (Å²) in [5.41, 5.74) is 9.92. The largest absolute Gasteiger partial charge is 0.508 e. The standard InChI is InChI=1S/C27H39FN6.C6H6O.CH3NO2.W/c1-7-18(2)24(20-9-8-10-22(29)25(20)28)21(17-34(6)27(3,4)5)23-13-16-31-26(33-23)32-19-11-14-30-15-12-19;7-6-4-2-1-3-5-6;1-2(3)4;/h8-10,13,16-17,19,30H,7,11-12,14-15,29H2,1-6H3,(H,31,32,33);1-5,7H;1H3;/b21-17-,24-18?;;;. The maximum atomic E-state index is 15.3. The normalized spacial score (nSPS) is 13.9. The Bertz CT molecular complexity index is 1440. The summed E-state index contributed by atoms with van der Waals surface area (Å²) in [6.07, 6.45) is 6.65. The van der Waals surface area contributed by atoms with E-state index in [2.05, 4.69) is 54.4 Å². The van der Waals surface area contributed by atoms with E-state index in [1.54, 1.807) is 48.7 Å². The van der Waals surface area contributed by atoms with Crippen LogP contribution in [0.5, 0.6) is 5.75 Å². The molecule has 2 aromatic carbocycles. The van der Waals surface area contributed by atoms with E-state index in [1.165, 1.54) is 0 Å². The molecule has 1 aliphatic heterocycles. The zero-order valence-corrected chi connectivity index (χ0v) is 30.8. The molecule has 2 heterocycles. The first kappa shape index (κ1) is 40.2. The second-order valence-corrected chi connectivity index (χ2v) is 11.8. The van der Waals surface area contributed by atoms with Crippen LogP contribution in [0.1, 0.15) is 65.1 Å². The number of nitrogens with two attached hydrogens (primary N) is 1. The monoisotopic (exact) mass is 805 g/mol. The molecule has 3 aromatic rings. The third kappa shape index (κ3) is 13.3. The molecule has 0 spiro atoms. The van der Waals surface area contributed by atoms with Gasteiger partial charge in [0, 0.05) is 68.2 Å². The first-order valence-corrected chi connectivity index (χ1v) is 15.1. The van der Waals surface area contributed by atoms with Crippen molar-refractivity contribution in [2.24, 2.45) is 0 Å². The second-order valence-electron chi connectivity index (χ2n) is 11.8.